The van der Waals surface area contributed by atoms with Crippen LogP contribution in [-0.4, -0.2) is 31.2 Å². The molecule has 0 saturated carbocycles. The number of nitrogens with zero attached hydrogens (tertiary/aromatic N) is 1. The van der Waals surface area contributed by atoms with E-state index in [4.69, 9.17) is 0 Å². The fraction of sp³-hybridized carbons (Fsp3) is 0.700. The Morgan fingerprint density at radius 2 is 2.20 bits per heavy atom. The van der Waals surface area contributed by atoms with E-state index < -0.39 is 5.92 Å². The van der Waals surface area contributed by atoms with Crippen LogP contribution in [-0.2, 0) is 9.59 Å². The van der Waals surface area contributed by atoms with Gasteiger partial charge in [-0.05, 0) is 13.5 Å². The number of nitrogens with one attached hydrogen (secondary N) is 2. The largest absolute Gasteiger partial charge is 0.319 e. The minimum atomic E-state index is -0.576. The van der Waals surface area contributed by atoms with Gasteiger partial charge in [0.05, 0.1) is 0 Å². The molecule has 0 aromatic rings. The maximum atomic E-state index is 11.5. The molecule has 84 valence electrons. The molecule has 15 heavy (non-hydrogen) atoms. The molecule has 5 heteroatoms. The van der Waals surface area contributed by atoms with Crippen LogP contribution in [0.1, 0.15) is 26.2 Å². The maximum Gasteiger partial charge on any atom is 0.259 e. The maximum absolute atomic E-state index is 11.5. The van der Waals surface area contributed by atoms with Crippen molar-refractivity contribution >= 4 is 17.6 Å². The molecule has 0 aromatic carbocycles. The molecule has 5 nitrogen and oxygen atoms in total. The van der Waals surface area contributed by atoms with E-state index in [1.807, 2.05) is 14.0 Å². The Bertz CT molecular complexity index is 286. The Balaban J connectivity index is 2.63. The summed E-state index contributed by atoms with van der Waals surface area (Å²) in [5, 5.41) is 5.60. The average molecular weight is 211 g/mol. The van der Waals surface area contributed by atoms with Crippen molar-refractivity contribution in [2.75, 3.05) is 13.6 Å². The van der Waals surface area contributed by atoms with Gasteiger partial charge in [0.2, 0.25) is 5.91 Å². The summed E-state index contributed by atoms with van der Waals surface area (Å²) >= 11 is 0. The van der Waals surface area contributed by atoms with Crippen molar-refractivity contribution in [3.63, 3.8) is 0 Å². The Hall–Kier alpha value is -1.23. The Morgan fingerprint density at radius 1 is 1.47 bits per heavy atom. The van der Waals surface area contributed by atoms with Gasteiger partial charge in [0.15, 0.2) is 0 Å². The van der Waals surface area contributed by atoms with Gasteiger partial charge < -0.3 is 10.6 Å². The fourth-order valence-corrected chi connectivity index (χ4v) is 1.49. The summed E-state index contributed by atoms with van der Waals surface area (Å²) in [6.07, 6.45) is 1.96. The van der Waals surface area contributed by atoms with Crippen LogP contribution in [0, 0.1) is 5.92 Å². The second-order valence-electron chi connectivity index (χ2n) is 3.58. The predicted octanol–water partition coefficient (Wildman–Crippen LogP) is 0.0671. The van der Waals surface area contributed by atoms with Crippen molar-refractivity contribution in [3.05, 3.63) is 0 Å². The van der Waals surface area contributed by atoms with Crippen LogP contribution in [0.25, 0.3) is 0 Å². The molecular weight excluding hydrogens is 194 g/mol. The first-order valence-electron chi connectivity index (χ1n) is 5.26. The van der Waals surface area contributed by atoms with Crippen LogP contribution in [0.5, 0.6) is 0 Å². The van der Waals surface area contributed by atoms with Gasteiger partial charge in [-0.3, -0.25) is 9.59 Å². The average Bonchev–Trinajstić information content (AvgIpc) is 2.20. The van der Waals surface area contributed by atoms with Gasteiger partial charge in [-0.25, -0.2) is 0 Å². The SMILES string of the molecule is CCCC1C(=O)N=C(CCNC)NC1=O. The van der Waals surface area contributed by atoms with Crippen molar-refractivity contribution in [2.45, 2.75) is 26.2 Å². The van der Waals surface area contributed by atoms with Crippen LogP contribution in [0.4, 0.5) is 0 Å². The highest BCUT2D eigenvalue weighted by Gasteiger charge is 2.30. The molecule has 0 aliphatic carbocycles. The standard InChI is InChI=1S/C10H17N3O2/c1-3-4-7-9(14)12-8(5-6-11-2)13-10(7)15/h7,11H,3-6H2,1-2H3,(H,12,13,14,15). The van der Waals surface area contributed by atoms with Crippen LogP contribution < -0.4 is 10.6 Å². The lowest BCUT2D eigenvalue weighted by Gasteiger charge is -2.19. The summed E-state index contributed by atoms with van der Waals surface area (Å²) in [4.78, 5) is 26.9. The first kappa shape index (κ1) is 11.8. The zero-order chi connectivity index (χ0) is 11.3. The van der Waals surface area contributed by atoms with Crippen LogP contribution in [0.2, 0.25) is 0 Å². The van der Waals surface area contributed by atoms with Crippen LogP contribution >= 0.6 is 0 Å². The first-order chi connectivity index (χ1) is 7.19. The molecule has 0 radical (unpaired) electrons. The topological polar surface area (TPSA) is 70.6 Å². The minimum Gasteiger partial charge on any atom is -0.319 e. The monoisotopic (exact) mass is 211 g/mol. The van der Waals surface area contributed by atoms with E-state index in [-0.39, 0.29) is 11.8 Å². The summed E-state index contributed by atoms with van der Waals surface area (Å²) in [5.74, 6) is -0.602. The molecule has 0 aromatic heterocycles. The predicted molar refractivity (Wildman–Crippen MR) is 57.5 cm³/mol. The molecular formula is C10H17N3O2. The molecule has 1 unspecified atom stereocenters. The van der Waals surface area contributed by atoms with E-state index in [2.05, 4.69) is 15.6 Å². The Labute approximate surface area is 89.3 Å². The van der Waals surface area contributed by atoms with E-state index >= 15 is 0 Å². The third kappa shape index (κ3) is 3.13. The zero-order valence-corrected chi connectivity index (χ0v) is 9.17. The van der Waals surface area contributed by atoms with Gasteiger partial charge in [0.25, 0.3) is 5.91 Å². The number of amides is 2. The molecule has 1 aliphatic heterocycles. The third-order valence-electron chi connectivity index (χ3n) is 2.32. The lowest BCUT2D eigenvalue weighted by Crippen LogP contribution is -2.44. The zero-order valence-electron chi connectivity index (χ0n) is 9.17. The normalized spacial score (nSPS) is 21.2. The second-order valence-corrected chi connectivity index (χ2v) is 3.58. The smallest absolute Gasteiger partial charge is 0.259 e. The third-order valence-corrected chi connectivity index (χ3v) is 2.32. The number of hydrogen-bond donors (Lipinski definition) is 2. The summed E-state index contributed by atoms with van der Waals surface area (Å²) in [6.45, 7) is 2.64. The van der Waals surface area contributed by atoms with Crippen molar-refractivity contribution in [3.8, 4) is 0 Å². The number of amidine groups is 1. The van der Waals surface area contributed by atoms with E-state index in [0.717, 1.165) is 6.42 Å². The van der Waals surface area contributed by atoms with Gasteiger partial charge in [-0.15, -0.1) is 0 Å². The molecule has 2 N–H and O–H groups in total. The molecule has 0 spiro atoms. The van der Waals surface area contributed by atoms with Gasteiger partial charge >= 0.3 is 0 Å². The molecule has 1 heterocycles. The van der Waals surface area contributed by atoms with Crippen LogP contribution in [0.15, 0.2) is 4.99 Å². The van der Waals surface area contributed by atoms with Gasteiger partial charge in [0, 0.05) is 13.0 Å². The molecule has 1 atom stereocenters. The van der Waals surface area contributed by atoms with Gasteiger partial charge in [0.1, 0.15) is 11.8 Å². The number of hydrogen-bond acceptors (Lipinski definition) is 3. The van der Waals surface area contributed by atoms with E-state index in [0.29, 0.717) is 25.2 Å². The Kier molecular flexibility index (Phi) is 4.42. The lowest BCUT2D eigenvalue weighted by atomic mass is 10.0. The van der Waals surface area contributed by atoms with E-state index in [9.17, 15) is 9.59 Å². The minimum absolute atomic E-state index is 0.206. The molecule has 2 amide bonds. The molecule has 0 saturated heterocycles. The quantitative estimate of drug-likeness (QED) is 0.632. The highest BCUT2D eigenvalue weighted by molar-refractivity contribution is 6.15. The van der Waals surface area contributed by atoms with Crippen molar-refractivity contribution in [2.24, 2.45) is 10.9 Å². The van der Waals surface area contributed by atoms with Gasteiger partial charge in [-0.1, -0.05) is 13.3 Å². The number of carbonyl (C=O) groups is 2. The number of rotatable bonds is 5. The lowest BCUT2D eigenvalue weighted by molar-refractivity contribution is -0.133. The van der Waals surface area contributed by atoms with Crippen molar-refractivity contribution in [1.82, 2.24) is 10.6 Å². The molecule has 0 bridgehead atoms. The van der Waals surface area contributed by atoms with Crippen molar-refractivity contribution in [1.29, 1.82) is 0 Å². The second kappa shape index (κ2) is 5.60. The van der Waals surface area contributed by atoms with Crippen LogP contribution in [0.3, 0.4) is 0 Å². The highest BCUT2D eigenvalue weighted by atomic mass is 16.2. The van der Waals surface area contributed by atoms with Gasteiger partial charge in [-0.2, -0.15) is 4.99 Å². The Morgan fingerprint density at radius 3 is 2.73 bits per heavy atom. The first-order valence-corrected chi connectivity index (χ1v) is 5.26. The van der Waals surface area contributed by atoms with E-state index in [1.165, 1.54) is 0 Å². The van der Waals surface area contributed by atoms with Crippen molar-refractivity contribution < 1.29 is 9.59 Å². The number of aliphatic imine (C=N–C) groups is 1. The summed E-state index contributed by atoms with van der Waals surface area (Å²) in [5.41, 5.74) is 0. The fourth-order valence-electron chi connectivity index (χ4n) is 1.49. The summed E-state index contributed by atoms with van der Waals surface area (Å²) in [7, 11) is 1.81. The summed E-state index contributed by atoms with van der Waals surface area (Å²) in [6, 6.07) is 0. The number of carbonyl (C=O) groups excluding carboxylic acids is 2. The summed E-state index contributed by atoms with van der Waals surface area (Å²) < 4.78 is 0. The highest BCUT2D eigenvalue weighted by Crippen LogP contribution is 2.12. The molecule has 1 aliphatic rings. The molecule has 0 fully saturated rings. The molecule has 1 rings (SSSR count). The van der Waals surface area contributed by atoms with E-state index in [1.54, 1.807) is 0 Å².